The zero-order valence-electron chi connectivity index (χ0n) is 13.2. The first-order chi connectivity index (χ1) is 10.1. The van der Waals surface area contributed by atoms with E-state index in [1.807, 2.05) is 0 Å². The van der Waals surface area contributed by atoms with Crippen molar-refractivity contribution >= 4 is 11.4 Å². The molecule has 1 rings (SSSR count). The Hall–Kier alpha value is -1.78. The number of ether oxygens (including phenoxy) is 1. The van der Waals surface area contributed by atoms with Gasteiger partial charge in [-0.05, 0) is 19.4 Å². The highest BCUT2D eigenvalue weighted by Crippen LogP contribution is 2.29. The van der Waals surface area contributed by atoms with Gasteiger partial charge in [0.15, 0.2) is 0 Å². The van der Waals surface area contributed by atoms with E-state index in [4.69, 9.17) is 4.74 Å². The molecule has 0 fully saturated rings. The second kappa shape index (κ2) is 9.21. The smallest absolute Gasteiger partial charge is 0.271 e. The highest BCUT2D eigenvalue weighted by Gasteiger charge is 2.13. The zero-order chi connectivity index (χ0) is 15.7. The van der Waals surface area contributed by atoms with E-state index in [2.05, 4.69) is 19.2 Å². The Bertz CT molecular complexity index is 449. The van der Waals surface area contributed by atoms with Crippen molar-refractivity contribution in [3.05, 3.63) is 28.3 Å². The summed E-state index contributed by atoms with van der Waals surface area (Å²) < 4.78 is 5.25. The Morgan fingerprint density at radius 3 is 2.62 bits per heavy atom. The molecule has 0 aliphatic rings. The predicted molar refractivity (Wildman–Crippen MR) is 86.1 cm³/mol. The molecule has 0 saturated carbocycles. The van der Waals surface area contributed by atoms with Crippen LogP contribution in [0.5, 0.6) is 5.75 Å². The van der Waals surface area contributed by atoms with Crippen molar-refractivity contribution in [2.75, 3.05) is 12.4 Å². The van der Waals surface area contributed by atoms with Gasteiger partial charge in [-0.1, -0.05) is 39.0 Å². The molecule has 1 aromatic rings. The van der Waals surface area contributed by atoms with Gasteiger partial charge in [0.05, 0.1) is 17.7 Å². The van der Waals surface area contributed by atoms with Crippen LogP contribution in [0.1, 0.15) is 52.4 Å². The molecule has 0 aliphatic heterocycles. The van der Waals surface area contributed by atoms with E-state index >= 15 is 0 Å². The first-order valence-corrected chi connectivity index (χ1v) is 7.67. The molecule has 1 atom stereocenters. The topological polar surface area (TPSA) is 64.4 Å². The number of unbranched alkanes of at least 4 members (excludes halogenated alkanes) is 4. The lowest BCUT2D eigenvalue weighted by atomic mass is 10.1. The molecule has 0 aliphatic carbocycles. The lowest BCUT2D eigenvalue weighted by Gasteiger charge is -2.17. The summed E-state index contributed by atoms with van der Waals surface area (Å²) in [6, 6.07) is 4.89. The molecule has 118 valence electrons. The van der Waals surface area contributed by atoms with E-state index in [0.717, 1.165) is 6.42 Å². The summed E-state index contributed by atoms with van der Waals surface area (Å²) in [5.41, 5.74) is 0.765. The number of anilines is 1. The van der Waals surface area contributed by atoms with Gasteiger partial charge >= 0.3 is 0 Å². The van der Waals surface area contributed by atoms with Gasteiger partial charge in [0.2, 0.25) is 0 Å². The van der Waals surface area contributed by atoms with Gasteiger partial charge in [0, 0.05) is 18.2 Å². The van der Waals surface area contributed by atoms with Crippen LogP contribution >= 0.6 is 0 Å². The molecule has 1 unspecified atom stereocenters. The van der Waals surface area contributed by atoms with Crippen LogP contribution in [-0.2, 0) is 0 Å². The number of hydrogen-bond acceptors (Lipinski definition) is 4. The number of nitro benzene ring substituents is 1. The van der Waals surface area contributed by atoms with Gasteiger partial charge in [-0.2, -0.15) is 0 Å². The van der Waals surface area contributed by atoms with Crippen molar-refractivity contribution < 1.29 is 9.66 Å². The molecule has 5 nitrogen and oxygen atoms in total. The number of methoxy groups -OCH3 is 1. The average molecular weight is 294 g/mol. The second-order valence-corrected chi connectivity index (χ2v) is 5.39. The first kappa shape index (κ1) is 17.3. The largest absolute Gasteiger partial charge is 0.495 e. The zero-order valence-corrected chi connectivity index (χ0v) is 13.2. The molecule has 0 aromatic heterocycles. The SMILES string of the molecule is CCCCCCCC(C)Nc1cc([N+](=O)[O-])ccc1OC. The highest BCUT2D eigenvalue weighted by atomic mass is 16.6. The molecule has 0 amide bonds. The number of benzene rings is 1. The molecule has 5 heteroatoms. The molecule has 0 saturated heterocycles. The molecule has 1 aromatic carbocycles. The summed E-state index contributed by atoms with van der Waals surface area (Å²) in [6.07, 6.45) is 7.29. The fourth-order valence-electron chi connectivity index (χ4n) is 2.31. The normalized spacial score (nSPS) is 12.0. The lowest BCUT2D eigenvalue weighted by Crippen LogP contribution is -2.15. The van der Waals surface area contributed by atoms with Crippen molar-refractivity contribution in [3.63, 3.8) is 0 Å². The van der Waals surface area contributed by atoms with Gasteiger partial charge in [-0.25, -0.2) is 0 Å². The second-order valence-electron chi connectivity index (χ2n) is 5.39. The van der Waals surface area contributed by atoms with Gasteiger partial charge in [-0.3, -0.25) is 10.1 Å². The van der Waals surface area contributed by atoms with Gasteiger partial charge < -0.3 is 10.1 Å². The van der Waals surface area contributed by atoms with Crippen molar-refractivity contribution in [2.45, 2.75) is 58.4 Å². The Kier molecular flexibility index (Phi) is 7.58. The number of non-ortho nitro benzene ring substituents is 1. The maximum atomic E-state index is 10.8. The number of hydrogen-bond donors (Lipinski definition) is 1. The molecule has 0 spiro atoms. The fourth-order valence-corrected chi connectivity index (χ4v) is 2.31. The van der Waals surface area contributed by atoms with E-state index in [1.54, 1.807) is 13.2 Å². The van der Waals surface area contributed by atoms with E-state index < -0.39 is 0 Å². The standard InChI is InChI=1S/C16H26N2O3/c1-4-5-6-7-8-9-13(2)17-15-12-14(18(19)20)10-11-16(15)21-3/h10-13,17H,4-9H2,1-3H3. The Morgan fingerprint density at radius 2 is 2.00 bits per heavy atom. The van der Waals surface area contributed by atoms with Crippen LogP contribution in [0, 0.1) is 10.1 Å². The van der Waals surface area contributed by atoms with Crippen molar-refractivity contribution in [2.24, 2.45) is 0 Å². The minimum atomic E-state index is -0.389. The van der Waals surface area contributed by atoms with Crippen molar-refractivity contribution in [1.29, 1.82) is 0 Å². The minimum absolute atomic E-state index is 0.0773. The number of rotatable bonds is 10. The summed E-state index contributed by atoms with van der Waals surface area (Å²) in [5, 5.41) is 14.2. The summed E-state index contributed by atoms with van der Waals surface area (Å²) in [5.74, 6) is 0.637. The monoisotopic (exact) mass is 294 g/mol. The third-order valence-corrected chi connectivity index (χ3v) is 3.54. The van der Waals surface area contributed by atoms with Crippen LogP contribution in [0.15, 0.2) is 18.2 Å². The maximum Gasteiger partial charge on any atom is 0.271 e. The van der Waals surface area contributed by atoms with E-state index in [9.17, 15) is 10.1 Å². The molecular weight excluding hydrogens is 268 g/mol. The Labute approximate surface area is 126 Å². The molecule has 21 heavy (non-hydrogen) atoms. The molecule has 0 bridgehead atoms. The number of nitrogens with one attached hydrogen (secondary N) is 1. The Balaban J connectivity index is 2.55. The average Bonchev–Trinajstić information content (AvgIpc) is 2.46. The van der Waals surface area contributed by atoms with Crippen LogP contribution in [-0.4, -0.2) is 18.1 Å². The van der Waals surface area contributed by atoms with Gasteiger partial charge in [0.25, 0.3) is 5.69 Å². The van der Waals surface area contributed by atoms with Crippen LogP contribution in [0.2, 0.25) is 0 Å². The highest BCUT2D eigenvalue weighted by molar-refractivity contribution is 5.61. The summed E-state index contributed by atoms with van der Waals surface area (Å²) in [6.45, 7) is 4.30. The lowest BCUT2D eigenvalue weighted by molar-refractivity contribution is -0.384. The van der Waals surface area contributed by atoms with Gasteiger partial charge in [0.1, 0.15) is 5.75 Å². The number of nitrogens with zero attached hydrogens (tertiary/aromatic N) is 1. The Morgan fingerprint density at radius 1 is 1.29 bits per heavy atom. The van der Waals surface area contributed by atoms with Crippen LogP contribution < -0.4 is 10.1 Å². The quantitative estimate of drug-likeness (QED) is 0.384. The van der Waals surface area contributed by atoms with Crippen molar-refractivity contribution in [1.82, 2.24) is 0 Å². The molecule has 1 N–H and O–H groups in total. The van der Waals surface area contributed by atoms with Crippen LogP contribution in [0.25, 0.3) is 0 Å². The predicted octanol–water partition coefficient (Wildman–Crippen LogP) is 4.76. The van der Waals surface area contributed by atoms with Crippen LogP contribution in [0.4, 0.5) is 11.4 Å². The van der Waals surface area contributed by atoms with Crippen molar-refractivity contribution in [3.8, 4) is 5.75 Å². The summed E-state index contributed by atoms with van der Waals surface area (Å²) in [7, 11) is 1.57. The van der Waals surface area contributed by atoms with E-state index in [1.165, 1.54) is 44.2 Å². The van der Waals surface area contributed by atoms with Crippen LogP contribution in [0.3, 0.4) is 0 Å². The molecule has 0 radical (unpaired) electrons. The number of nitro groups is 1. The maximum absolute atomic E-state index is 10.8. The summed E-state index contributed by atoms with van der Waals surface area (Å²) in [4.78, 5) is 10.5. The molecular formula is C16H26N2O3. The van der Waals surface area contributed by atoms with E-state index in [-0.39, 0.29) is 16.7 Å². The van der Waals surface area contributed by atoms with Gasteiger partial charge in [-0.15, -0.1) is 0 Å². The molecule has 0 heterocycles. The third kappa shape index (κ3) is 6.02. The third-order valence-electron chi connectivity index (χ3n) is 3.54. The summed E-state index contributed by atoms with van der Waals surface area (Å²) >= 11 is 0. The fraction of sp³-hybridized carbons (Fsp3) is 0.625. The minimum Gasteiger partial charge on any atom is -0.495 e. The first-order valence-electron chi connectivity index (χ1n) is 7.67. The van der Waals surface area contributed by atoms with E-state index in [0.29, 0.717) is 11.4 Å².